The zero-order valence-corrected chi connectivity index (χ0v) is 21.7. The van der Waals surface area contributed by atoms with Crippen LogP contribution < -0.4 is 0 Å². The molecule has 0 atom stereocenters. The van der Waals surface area contributed by atoms with Crippen LogP contribution in [0.25, 0.3) is 17.5 Å². The largest absolute Gasteiger partial charge is 0.297 e. The Balaban J connectivity index is 1.37. The monoisotopic (exact) mass is 544 g/mol. The van der Waals surface area contributed by atoms with Crippen LogP contribution in [-0.4, -0.2) is 31.3 Å². The number of aromatic nitrogens is 3. The van der Waals surface area contributed by atoms with E-state index in [0.29, 0.717) is 39.1 Å². The molecule has 0 spiro atoms. The van der Waals surface area contributed by atoms with Gasteiger partial charge in [-0.05, 0) is 35.0 Å². The van der Waals surface area contributed by atoms with E-state index in [4.69, 9.17) is 0 Å². The summed E-state index contributed by atoms with van der Waals surface area (Å²) in [6.07, 6.45) is 1.41. The maximum Gasteiger partial charge on any atom is 0.283 e. The predicted molar refractivity (Wildman–Crippen MR) is 151 cm³/mol. The fourth-order valence-electron chi connectivity index (χ4n) is 4.60. The third-order valence-electron chi connectivity index (χ3n) is 6.53. The maximum atomic E-state index is 12.8. The molecule has 6 rings (SSSR count). The normalized spacial score (nSPS) is 12.4. The van der Waals surface area contributed by atoms with E-state index in [1.54, 1.807) is 36.4 Å². The van der Waals surface area contributed by atoms with Crippen LogP contribution in [0.5, 0.6) is 0 Å². The lowest BCUT2D eigenvalue weighted by atomic mass is 10.1. The molecule has 40 heavy (non-hydrogen) atoms. The first kappa shape index (κ1) is 25.1. The highest BCUT2D eigenvalue weighted by Gasteiger charge is 2.32. The number of carbonyl (C=O) groups excluding carboxylic acids is 2. The van der Waals surface area contributed by atoms with Gasteiger partial charge in [0.1, 0.15) is 0 Å². The molecule has 0 unspecified atom stereocenters. The number of ketones is 2. The number of Topliss-reactive ketones (excluding diaryl/α,β-unsaturated/α-hetero) is 2. The van der Waals surface area contributed by atoms with Crippen molar-refractivity contribution >= 4 is 35.1 Å². The lowest BCUT2D eigenvalue weighted by molar-refractivity contribution is -0.387. The summed E-state index contributed by atoms with van der Waals surface area (Å²) in [6, 6.07) is 30.7. The zero-order valence-electron chi connectivity index (χ0n) is 20.9. The van der Waals surface area contributed by atoms with Crippen molar-refractivity contribution in [3.63, 3.8) is 0 Å². The molecular formula is C31H20N4O4S. The summed E-state index contributed by atoms with van der Waals surface area (Å²) in [4.78, 5) is 37.6. The number of hydrogen-bond acceptors (Lipinski definition) is 7. The van der Waals surface area contributed by atoms with Gasteiger partial charge in [-0.15, -0.1) is 10.2 Å². The van der Waals surface area contributed by atoms with Crippen LogP contribution in [0.4, 0.5) is 5.69 Å². The van der Waals surface area contributed by atoms with Crippen LogP contribution in [0.1, 0.15) is 31.8 Å². The summed E-state index contributed by atoms with van der Waals surface area (Å²) >= 11 is 1.14. The second kappa shape index (κ2) is 10.5. The lowest BCUT2D eigenvalue weighted by Gasteiger charge is -2.11. The molecule has 0 aliphatic heterocycles. The van der Waals surface area contributed by atoms with Crippen molar-refractivity contribution < 1.29 is 14.5 Å². The van der Waals surface area contributed by atoms with Gasteiger partial charge in [0.2, 0.25) is 0 Å². The van der Waals surface area contributed by atoms with E-state index in [0.717, 1.165) is 22.9 Å². The Hall–Kier alpha value is -5.15. The fourth-order valence-corrected chi connectivity index (χ4v) is 5.51. The van der Waals surface area contributed by atoms with Gasteiger partial charge in [-0.3, -0.25) is 24.3 Å². The van der Waals surface area contributed by atoms with Gasteiger partial charge in [0, 0.05) is 22.8 Å². The molecule has 1 heterocycles. The molecule has 0 bridgehead atoms. The standard InChI is InChI=1S/C31H20N4O4S/c36-28-23-13-7-8-14-24(23)29(37)25(28)17-21-15-16-27(26(18-21)35(38)39)40-31-33-32-30(22-11-5-2-6-12-22)34(31)19-20-9-3-1-4-10-20/h1-18H,19H2. The molecule has 1 aromatic heterocycles. The highest BCUT2D eigenvalue weighted by atomic mass is 32.2. The topological polar surface area (TPSA) is 108 Å². The highest BCUT2D eigenvalue weighted by Crippen LogP contribution is 2.37. The smallest absolute Gasteiger partial charge is 0.283 e. The second-order valence-electron chi connectivity index (χ2n) is 9.09. The first-order valence-electron chi connectivity index (χ1n) is 12.4. The van der Waals surface area contributed by atoms with Crippen molar-refractivity contribution in [2.24, 2.45) is 0 Å². The number of rotatable bonds is 7. The van der Waals surface area contributed by atoms with Crippen molar-refractivity contribution in [2.75, 3.05) is 0 Å². The van der Waals surface area contributed by atoms with Crippen molar-refractivity contribution in [3.8, 4) is 11.4 Å². The van der Waals surface area contributed by atoms with Gasteiger partial charge < -0.3 is 0 Å². The fraction of sp³-hybridized carbons (Fsp3) is 0.0323. The number of nitro benzene ring substituents is 1. The third-order valence-corrected chi connectivity index (χ3v) is 7.58. The molecule has 0 radical (unpaired) electrons. The van der Waals surface area contributed by atoms with Gasteiger partial charge in [0.15, 0.2) is 22.5 Å². The van der Waals surface area contributed by atoms with Crippen molar-refractivity contribution in [3.05, 3.63) is 141 Å². The van der Waals surface area contributed by atoms with Crippen LogP contribution in [0, 0.1) is 10.1 Å². The third kappa shape index (κ3) is 4.74. The number of allylic oxidation sites excluding steroid dienone is 1. The van der Waals surface area contributed by atoms with Gasteiger partial charge in [-0.2, -0.15) is 0 Å². The highest BCUT2D eigenvalue weighted by molar-refractivity contribution is 7.99. The van der Waals surface area contributed by atoms with Crippen LogP contribution in [0.2, 0.25) is 0 Å². The molecule has 1 aliphatic rings. The summed E-state index contributed by atoms with van der Waals surface area (Å²) in [6.45, 7) is 0.475. The number of benzene rings is 4. The van der Waals surface area contributed by atoms with Gasteiger partial charge in [-0.1, -0.05) is 91.0 Å². The number of hydrogen-bond donors (Lipinski definition) is 0. The summed E-state index contributed by atoms with van der Waals surface area (Å²) in [5.74, 6) is -0.123. The summed E-state index contributed by atoms with van der Waals surface area (Å²) in [5.41, 5.74) is 2.80. The minimum atomic E-state index is -0.479. The molecule has 0 saturated carbocycles. The van der Waals surface area contributed by atoms with Crippen molar-refractivity contribution in [2.45, 2.75) is 16.6 Å². The molecule has 4 aromatic carbocycles. The molecule has 0 N–H and O–H groups in total. The lowest BCUT2D eigenvalue weighted by Crippen LogP contribution is -2.04. The Morgan fingerprint density at radius 3 is 2.08 bits per heavy atom. The van der Waals surface area contributed by atoms with Crippen molar-refractivity contribution in [1.29, 1.82) is 0 Å². The average Bonchev–Trinajstić information content (AvgIpc) is 3.48. The van der Waals surface area contributed by atoms with Gasteiger partial charge in [0.25, 0.3) is 5.69 Å². The first-order valence-corrected chi connectivity index (χ1v) is 13.2. The Morgan fingerprint density at radius 1 is 0.800 bits per heavy atom. The minimum Gasteiger partial charge on any atom is -0.297 e. The van der Waals surface area contributed by atoms with Gasteiger partial charge >= 0.3 is 0 Å². The molecular weight excluding hydrogens is 524 g/mol. The average molecular weight is 545 g/mol. The van der Waals surface area contributed by atoms with E-state index in [1.807, 2.05) is 65.2 Å². The SMILES string of the molecule is O=C1C(=Cc2ccc(Sc3nnc(-c4ccccc4)n3Cc3ccccc3)c([N+](=O)[O-])c2)C(=O)c2ccccc21. The minimum absolute atomic E-state index is 0.00833. The predicted octanol–water partition coefficient (Wildman–Crippen LogP) is 6.52. The molecule has 0 fully saturated rings. The Labute approximate surface area is 233 Å². The molecule has 0 saturated heterocycles. The molecule has 194 valence electrons. The first-order chi connectivity index (χ1) is 19.5. The van der Waals surface area contributed by atoms with E-state index in [9.17, 15) is 19.7 Å². The molecule has 1 aliphatic carbocycles. The summed E-state index contributed by atoms with van der Waals surface area (Å²) in [5, 5.41) is 21.4. The van der Waals surface area contributed by atoms with E-state index >= 15 is 0 Å². The number of nitro groups is 1. The van der Waals surface area contributed by atoms with Crippen LogP contribution in [-0.2, 0) is 6.54 Å². The second-order valence-corrected chi connectivity index (χ2v) is 10.1. The molecule has 8 nitrogen and oxygen atoms in total. The van der Waals surface area contributed by atoms with Gasteiger partial charge in [-0.25, -0.2) is 0 Å². The van der Waals surface area contributed by atoms with E-state index in [2.05, 4.69) is 10.2 Å². The summed E-state index contributed by atoms with van der Waals surface area (Å²) in [7, 11) is 0. The Morgan fingerprint density at radius 2 is 1.43 bits per heavy atom. The van der Waals surface area contributed by atoms with Crippen LogP contribution in [0.15, 0.2) is 119 Å². The van der Waals surface area contributed by atoms with E-state index in [1.165, 1.54) is 12.1 Å². The van der Waals surface area contributed by atoms with E-state index in [-0.39, 0.29) is 22.8 Å². The number of carbonyl (C=O) groups is 2. The van der Waals surface area contributed by atoms with Crippen LogP contribution >= 0.6 is 11.8 Å². The number of nitrogens with zero attached hydrogens (tertiary/aromatic N) is 4. The summed E-state index contributed by atoms with van der Waals surface area (Å²) < 4.78 is 1.93. The molecule has 5 aromatic rings. The van der Waals surface area contributed by atoms with E-state index < -0.39 is 4.92 Å². The quantitative estimate of drug-likeness (QED) is 0.0994. The number of fused-ring (bicyclic) bond motifs is 1. The van der Waals surface area contributed by atoms with Crippen LogP contribution in [0.3, 0.4) is 0 Å². The zero-order chi connectivity index (χ0) is 27.6. The Kier molecular flexibility index (Phi) is 6.63. The molecule has 9 heteroatoms. The molecule has 0 amide bonds. The maximum absolute atomic E-state index is 12.8. The van der Waals surface area contributed by atoms with Gasteiger partial charge in [0.05, 0.1) is 21.9 Å². The van der Waals surface area contributed by atoms with Crippen molar-refractivity contribution in [1.82, 2.24) is 14.8 Å². The Bertz CT molecular complexity index is 1780.